The minimum Gasteiger partial charge on any atom is -0.462 e. The molecule has 0 saturated heterocycles. The summed E-state index contributed by atoms with van der Waals surface area (Å²) in [7, 11) is 0. The summed E-state index contributed by atoms with van der Waals surface area (Å²) in [5.74, 6) is 1.45. The Bertz CT molecular complexity index is 759. The van der Waals surface area contributed by atoms with E-state index < -0.39 is 0 Å². The maximum atomic E-state index is 12.7. The Balaban J connectivity index is 1.33. The lowest BCUT2D eigenvalue weighted by atomic mass is 9.79. The molecule has 0 N–H and O–H groups in total. The van der Waals surface area contributed by atoms with Crippen molar-refractivity contribution in [1.29, 1.82) is 5.26 Å². The topological polar surface area (TPSA) is 50.1 Å². The Morgan fingerprint density at radius 2 is 1.73 bits per heavy atom. The Morgan fingerprint density at radius 1 is 1.00 bits per heavy atom. The van der Waals surface area contributed by atoms with Crippen molar-refractivity contribution in [2.24, 2.45) is 11.8 Å². The van der Waals surface area contributed by atoms with Crippen molar-refractivity contribution in [2.75, 3.05) is 0 Å². The zero-order valence-corrected chi connectivity index (χ0v) is 20.6. The molecule has 1 aromatic rings. The number of nitrogens with zero attached hydrogens (tertiary/aromatic N) is 1. The van der Waals surface area contributed by atoms with Crippen LogP contribution >= 0.6 is 0 Å². The maximum absolute atomic E-state index is 12.7. The number of nitriles is 1. The van der Waals surface area contributed by atoms with Crippen LogP contribution in [-0.2, 0) is 16.0 Å². The molecule has 3 nitrogen and oxygen atoms in total. The van der Waals surface area contributed by atoms with Crippen LogP contribution in [0.2, 0.25) is 0 Å². The second kappa shape index (κ2) is 14.2. The molecule has 0 radical (unpaired) electrons. The zero-order chi connectivity index (χ0) is 23.3. The number of unbranched alkanes of at least 4 members (excludes halogenated alkanes) is 3. The van der Waals surface area contributed by atoms with Gasteiger partial charge in [0.05, 0.1) is 12.0 Å². The molecule has 2 aliphatic carbocycles. The van der Waals surface area contributed by atoms with Crippen LogP contribution in [0.3, 0.4) is 0 Å². The zero-order valence-electron chi connectivity index (χ0n) is 20.6. The molecule has 0 amide bonds. The Kier molecular flexibility index (Phi) is 11.0. The lowest BCUT2D eigenvalue weighted by Crippen LogP contribution is -2.29. The molecular formula is C30H43NO2. The van der Waals surface area contributed by atoms with Gasteiger partial charge in [-0.15, -0.1) is 0 Å². The number of allylic oxidation sites excluding steroid dienone is 2. The fourth-order valence-corrected chi connectivity index (χ4v) is 5.64. The third-order valence-corrected chi connectivity index (χ3v) is 7.84. The molecule has 180 valence electrons. The van der Waals surface area contributed by atoms with Crippen molar-refractivity contribution in [3.63, 3.8) is 0 Å². The predicted molar refractivity (Wildman–Crippen MR) is 135 cm³/mol. The van der Waals surface area contributed by atoms with E-state index in [1.54, 1.807) is 6.08 Å². The molecule has 33 heavy (non-hydrogen) atoms. The minimum absolute atomic E-state index is 0.0497. The van der Waals surface area contributed by atoms with Crippen molar-refractivity contribution in [3.05, 3.63) is 47.5 Å². The fourth-order valence-electron chi connectivity index (χ4n) is 5.64. The summed E-state index contributed by atoms with van der Waals surface area (Å²) in [5.41, 5.74) is 2.92. The summed E-state index contributed by atoms with van der Waals surface area (Å²) < 4.78 is 5.96. The first kappa shape index (κ1) is 25.5. The first-order valence-corrected chi connectivity index (χ1v) is 13.5. The van der Waals surface area contributed by atoms with Crippen molar-refractivity contribution < 1.29 is 9.53 Å². The van der Waals surface area contributed by atoms with Crippen LogP contribution in [0, 0.1) is 23.2 Å². The number of rotatable bonds is 11. The van der Waals surface area contributed by atoms with E-state index in [9.17, 15) is 4.79 Å². The molecule has 1 aromatic carbocycles. The van der Waals surface area contributed by atoms with Gasteiger partial charge in [0.15, 0.2) is 0 Å². The Labute approximate surface area is 201 Å². The molecular weight excluding hydrogens is 406 g/mol. The average Bonchev–Trinajstić information content (AvgIpc) is 2.86. The van der Waals surface area contributed by atoms with Gasteiger partial charge in [-0.05, 0) is 100 Å². The van der Waals surface area contributed by atoms with E-state index >= 15 is 0 Å². The quantitative estimate of drug-likeness (QED) is 0.195. The van der Waals surface area contributed by atoms with Crippen LogP contribution in [0.1, 0.15) is 114 Å². The van der Waals surface area contributed by atoms with Gasteiger partial charge in [-0.2, -0.15) is 5.26 Å². The van der Waals surface area contributed by atoms with E-state index in [2.05, 4.69) is 31.2 Å². The van der Waals surface area contributed by atoms with Gasteiger partial charge in [-0.1, -0.05) is 56.5 Å². The molecule has 3 rings (SSSR count). The second-order valence-electron chi connectivity index (χ2n) is 10.3. The van der Waals surface area contributed by atoms with E-state index in [1.165, 1.54) is 43.2 Å². The number of carbonyl (C=O) groups excluding carboxylic acids is 1. The molecule has 2 aliphatic rings. The summed E-state index contributed by atoms with van der Waals surface area (Å²) in [6.07, 6.45) is 20.6. The number of aryl methyl sites for hydroxylation is 1. The lowest BCUT2D eigenvalue weighted by molar-refractivity contribution is -0.157. The highest BCUT2D eigenvalue weighted by Crippen LogP contribution is 2.36. The smallest absolute Gasteiger partial charge is 0.309 e. The molecule has 0 heterocycles. The Hall–Kier alpha value is -2.08. The van der Waals surface area contributed by atoms with E-state index in [0.717, 1.165) is 64.2 Å². The highest BCUT2D eigenvalue weighted by Gasteiger charge is 2.30. The third-order valence-electron chi connectivity index (χ3n) is 7.84. The van der Waals surface area contributed by atoms with Crippen LogP contribution < -0.4 is 0 Å². The average molecular weight is 450 g/mol. The van der Waals surface area contributed by atoms with Crippen LogP contribution in [0.15, 0.2) is 36.4 Å². The highest BCUT2D eigenvalue weighted by atomic mass is 16.5. The number of esters is 1. The van der Waals surface area contributed by atoms with Crippen LogP contribution in [-0.4, -0.2) is 12.1 Å². The Morgan fingerprint density at radius 3 is 2.39 bits per heavy atom. The monoisotopic (exact) mass is 449 g/mol. The van der Waals surface area contributed by atoms with Crippen molar-refractivity contribution in [3.8, 4) is 6.07 Å². The number of hydrogen-bond donors (Lipinski definition) is 0. The van der Waals surface area contributed by atoms with Crippen molar-refractivity contribution >= 4 is 5.97 Å². The summed E-state index contributed by atoms with van der Waals surface area (Å²) in [4.78, 5) is 12.7. The predicted octanol–water partition coefficient (Wildman–Crippen LogP) is 8.05. The summed E-state index contributed by atoms with van der Waals surface area (Å²) >= 11 is 0. The normalized spacial score (nSPS) is 25.6. The van der Waals surface area contributed by atoms with Gasteiger partial charge in [-0.25, -0.2) is 0 Å². The number of benzene rings is 1. The number of ether oxygens (including phenoxy) is 1. The van der Waals surface area contributed by atoms with E-state index in [1.807, 2.05) is 12.1 Å². The van der Waals surface area contributed by atoms with E-state index in [4.69, 9.17) is 10.00 Å². The lowest BCUT2D eigenvalue weighted by Gasteiger charge is -2.31. The minimum atomic E-state index is 0.0497. The van der Waals surface area contributed by atoms with Gasteiger partial charge in [0.25, 0.3) is 0 Å². The summed E-state index contributed by atoms with van der Waals surface area (Å²) in [6.45, 7) is 2.26. The van der Waals surface area contributed by atoms with Gasteiger partial charge < -0.3 is 4.74 Å². The molecule has 0 spiro atoms. The van der Waals surface area contributed by atoms with Gasteiger partial charge >= 0.3 is 5.97 Å². The molecule has 0 aromatic heterocycles. The standard InChI is InChI=1S/C30H43NO2/c1-2-3-4-6-9-24-11-15-26(16-12-24)27-19-21-29(22-20-27)33-30(32)28-17-13-25(14-18-28)10-7-5-8-23-31/h5,8,11-12,15-16,25,27-29H,2-4,6-7,9-10,13-14,17-22H2,1H3. The van der Waals surface area contributed by atoms with Crippen LogP contribution in [0.5, 0.6) is 0 Å². The van der Waals surface area contributed by atoms with Crippen LogP contribution in [0.25, 0.3) is 0 Å². The molecule has 0 aliphatic heterocycles. The van der Waals surface area contributed by atoms with Gasteiger partial charge in [0, 0.05) is 6.08 Å². The summed E-state index contributed by atoms with van der Waals surface area (Å²) in [5, 5.41) is 8.57. The molecule has 0 bridgehead atoms. The molecule has 2 fully saturated rings. The number of carbonyl (C=O) groups is 1. The first-order valence-electron chi connectivity index (χ1n) is 13.5. The van der Waals surface area contributed by atoms with E-state index in [0.29, 0.717) is 11.8 Å². The largest absolute Gasteiger partial charge is 0.462 e. The second-order valence-corrected chi connectivity index (χ2v) is 10.3. The SMILES string of the molecule is CCCCCCc1ccc(C2CCC(OC(=O)C3CCC(CCC=CC#N)CC3)CC2)cc1. The van der Waals surface area contributed by atoms with Gasteiger partial charge in [-0.3, -0.25) is 4.79 Å². The third kappa shape index (κ3) is 8.65. The number of hydrogen-bond acceptors (Lipinski definition) is 3. The molecule has 0 unspecified atom stereocenters. The van der Waals surface area contributed by atoms with Crippen molar-refractivity contribution in [1.82, 2.24) is 0 Å². The van der Waals surface area contributed by atoms with Crippen LogP contribution in [0.4, 0.5) is 0 Å². The van der Waals surface area contributed by atoms with E-state index in [-0.39, 0.29) is 18.0 Å². The molecule has 2 saturated carbocycles. The first-order chi connectivity index (χ1) is 16.2. The van der Waals surface area contributed by atoms with Gasteiger partial charge in [0.2, 0.25) is 0 Å². The van der Waals surface area contributed by atoms with Crippen molar-refractivity contribution in [2.45, 2.75) is 115 Å². The summed E-state index contributed by atoms with van der Waals surface area (Å²) in [6, 6.07) is 11.4. The molecule has 3 heteroatoms. The fraction of sp³-hybridized carbons (Fsp3) is 0.667. The molecule has 0 atom stereocenters. The highest BCUT2D eigenvalue weighted by molar-refractivity contribution is 5.72. The maximum Gasteiger partial charge on any atom is 0.309 e. The van der Waals surface area contributed by atoms with Gasteiger partial charge in [0.1, 0.15) is 6.10 Å².